The molecule has 3 aromatic carbocycles. The van der Waals surface area contributed by atoms with E-state index in [-0.39, 0.29) is 29.5 Å². The molecule has 0 saturated carbocycles. The highest BCUT2D eigenvalue weighted by Crippen LogP contribution is 2.33. The van der Waals surface area contributed by atoms with Crippen LogP contribution in [0.1, 0.15) is 12.0 Å². The number of nitrogens with zero attached hydrogens (tertiary/aromatic N) is 3. The van der Waals surface area contributed by atoms with Crippen molar-refractivity contribution in [3.63, 3.8) is 0 Å². The molecule has 0 radical (unpaired) electrons. The lowest BCUT2D eigenvalue weighted by molar-refractivity contribution is -0.384. The Morgan fingerprint density at radius 3 is 2.38 bits per heavy atom. The monoisotopic (exact) mass is 552 g/mol. The number of thioether (sulfide) groups is 1. The van der Waals surface area contributed by atoms with Crippen molar-refractivity contribution in [3.8, 4) is 11.5 Å². The molecule has 0 aliphatic carbocycles. The topological polar surface area (TPSA) is 123 Å². The van der Waals surface area contributed by atoms with Crippen LogP contribution < -0.4 is 14.8 Å². The Kier molecular flexibility index (Phi) is 8.77. The van der Waals surface area contributed by atoms with Crippen LogP contribution in [0.25, 0.3) is 0 Å². The zero-order valence-electron chi connectivity index (χ0n) is 21.1. The minimum atomic E-state index is -0.794. The number of aliphatic imine (C=N–C) groups is 1. The molecule has 1 fully saturated rings. The van der Waals surface area contributed by atoms with Crippen LogP contribution in [0, 0.1) is 15.9 Å². The fourth-order valence-corrected chi connectivity index (χ4v) is 5.04. The van der Waals surface area contributed by atoms with Gasteiger partial charge in [-0.1, -0.05) is 23.9 Å². The Morgan fingerprint density at radius 1 is 1.08 bits per heavy atom. The Balaban J connectivity index is 1.51. The van der Waals surface area contributed by atoms with E-state index >= 15 is 0 Å². The summed E-state index contributed by atoms with van der Waals surface area (Å²) in [6.07, 6.45) is 0.295. The number of halogens is 1. The van der Waals surface area contributed by atoms with E-state index in [2.05, 4.69) is 10.3 Å². The average Bonchev–Trinajstić information content (AvgIpc) is 3.22. The summed E-state index contributed by atoms with van der Waals surface area (Å²) >= 11 is 1.12. The second kappa shape index (κ2) is 12.4. The van der Waals surface area contributed by atoms with E-state index < -0.39 is 21.9 Å². The molecular weight excluding hydrogens is 527 g/mol. The first-order valence-corrected chi connectivity index (χ1v) is 12.7. The standard InChI is InChI=1S/C27H25FN4O6S/c1-37-20-9-3-17(4-10-20)13-14-31-26(34)24(39-27(31)29-19-7-5-18(28)6-8-19)16-25(33)30-22-12-11-21(38-2)15-23(22)32(35)36/h3-12,15,24H,13-14,16H2,1-2H3,(H,30,33). The molecule has 1 aliphatic rings. The van der Waals surface area contributed by atoms with Gasteiger partial charge >= 0.3 is 0 Å². The number of carbonyl (C=O) groups excluding carboxylic acids is 2. The van der Waals surface area contributed by atoms with Crippen molar-refractivity contribution in [3.05, 3.63) is 88.2 Å². The van der Waals surface area contributed by atoms with Crippen LogP contribution in [0.4, 0.5) is 21.5 Å². The van der Waals surface area contributed by atoms with Crippen molar-refractivity contribution in [1.82, 2.24) is 4.90 Å². The number of rotatable bonds is 10. The van der Waals surface area contributed by atoms with Crippen molar-refractivity contribution >= 4 is 45.8 Å². The van der Waals surface area contributed by atoms with Crippen LogP contribution in [0.5, 0.6) is 11.5 Å². The van der Waals surface area contributed by atoms with Crippen LogP contribution in [-0.2, 0) is 16.0 Å². The van der Waals surface area contributed by atoms with Gasteiger partial charge < -0.3 is 14.8 Å². The maximum atomic E-state index is 13.4. The van der Waals surface area contributed by atoms with Crippen molar-refractivity contribution in [2.75, 3.05) is 26.1 Å². The summed E-state index contributed by atoms with van der Waals surface area (Å²) in [5.41, 5.74) is 1.11. The predicted molar refractivity (Wildman–Crippen MR) is 146 cm³/mol. The first-order valence-electron chi connectivity index (χ1n) is 11.8. The van der Waals surface area contributed by atoms with E-state index in [4.69, 9.17) is 9.47 Å². The molecule has 1 aliphatic heterocycles. The lowest BCUT2D eigenvalue weighted by Gasteiger charge is -2.17. The van der Waals surface area contributed by atoms with E-state index in [0.29, 0.717) is 29.6 Å². The van der Waals surface area contributed by atoms with Crippen molar-refractivity contribution in [2.45, 2.75) is 18.1 Å². The minimum absolute atomic E-state index is 0.00203. The van der Waals surface area contributed by atoms with E-state index in [0.717, 1.165) is 17.3 Å². The Hall–Kier alpha value is -4.45. The number of anilines is 1. The lowest BCUT2D eigenvalue weighted by Crippen LogP contribution is -2.35. The van der Waals surface area contributed by atoms with Gasteiger partial charge in [-0.2, -0.15) is 0 Å². The van der Waals surface area contributed by atoms with E-state index in [1.165, 1.54) is 54.5 Å². The Bertz CT molecular complexity index is 1400. The number of carbonyl (C=O) groups is 2. The fraction of sp³-hybridized carbons (Fsp3) is 0.222. The highest BCUT2D eigenvalue weighted by Gasteiger charge is 2.39. The van der Waals surface area contributed by atoms with E-state index in [9.17, 15) is 24.1 Å². The highest BCUT2D eigenvalue weighted by atomic mass is 32.2. The second-order valence-corrected chi connectivity index (χ2v) is 9.63. The van der Waals surface area contributed by atoms with Crippen molar-refractivity contribution in [1.29, 1.82) is 0 Å². The summed E-state index contributed by atoms with van der Waals surface area (Å²) < 4.78 is 23.6. The third-order valence-corrected chi connectivity index (χ3v) is 7.08. The van der Waals surface area contributed by atoms with Gasteiger partial charge in [0.1, 0.15) is 28.3 Å². The van der Waals surface area contributed by atoms with Crippen LogP contribution >= 0.6 is 11.8 Å². The molecule has 10 nitrogen and oxygen atoms in total. The number of benzene rings is 3. The number of nitro benzene ring substituents is 1. The molecule has 4 rings (SSSR count). The van der Waals surface area contributed by atoms with Gasteiger partial charge in [0.15, 0.2) is 5.17 Å². The maximum absolute atomic E-state index is 13.4. The molecule has 202 valence electrons. The van der Waals surface area contributed by atoms with Crippen molar-refractivity contribution < 1.29 is 28.4 Å². The zero-order chi connectivity index (χ0) is 27.9. The molecule has 2 amide bonds. The molecule has 1 unspecified atom stereocenters. The Labute approximate surface area is 228 Å². The summed E-state index contributed by atoms with van der Waals surface area (Å²) in [6.45, 7) is 0.306. The Morgan fingerprint density at radius 2 is 1.74 bits per heavy atom. The SMILES string of the molecule is COc1ccc(CCN2C(=O)C(CC(=O)Nc3ccc(OC)cc3[N+](=O)[O-])SC2=Nc2ccc(F)cc2)cc1. The zero-order valence-corrected chi connectivity index (χ0v) is 21.9. The molecule has 0 spiro atoms. The number of hydrogen-bond donors (Lipinski definition) is 1. The van der Waals surface area contributed by atoms with Crippen molar-refractivity contribution in [2.24, 2.45) is 4.99 Å². The number of nitro groups is 1. The smallest absolute Gasteiger partial charge is 0.296 e. The van der Waals surface area contributed by atoms with Gasteiger partial charge in [-0.15, -0.1) is 0 Å². The molecule has 1 N–H and O–H groups in total. The number of methoxy groups -OCH3 is 2. The number of nitrogens with one attached hydrogen (secondary N) is 1. The molecule has 1 atom stereocenters. The summed E-state index contributed by atoms with van der Waals surface area (Å²) in [5, 5.41) is 13.6. The van der Waals surface area contributed by atoms with Gasteiger partial charge in [0, 0.05) is 13.0 Å². The summed E-state index contributed by atoms with van der Waals surface area (Å²) in [4.78, 5) is 43.1. The van der Waals surface area contributed by atoms with Gasteiger partial charge in [0.2, 0.25) is 11.8 Å². The highest BCUT2D eigenvalue weighted by molar-refractivity contribution is 8.15. The largest absolute Gasteiger partial charge is 0.497 e. The number of ether oxygens (including phenoxy) is 2. The number of hydrogen-bond acceptors (Lipinski definition) is 8. The minimum Gasteiger partial charge on any atom is -0.497 e. The molecule has 0 aromatic heterocycles. The molecular formula is C27H25FN4O6S. The first-order chi connectivity index (χ1) is 18.8. The molecule has 39 heavy (non-hydrogen) atoms. The molecule has 1 saturated heterocycles. The van der Waals surface area contributed by atoms with Gasteiger partial charge in [0.05, 0.1) is 30.9 Å². The normalized spacial score (nSPS) is 15.9. The predicted octanol–water partition coefficient (Wildman–Crippen LogP) is 4.95. The molecule has 12 heteroatoms. The molecule has 0 bridgehead atoms. The van der Waals surface area contributed by atoms with E-state index in [1.807, 2.05) is 24.3 Å². The number of amidine groups is 1. The lowest BCUT2D eigenvalue weighted by atomic mass is 10.1. The third kappa shape index (κ3) is 6.90. The second-order valence-electron chi connectivity index (χ2n) is 8.46. The van der Waals surface area contributed by atoms with Gasteiger partial charge in [0.25, 0.3) is 5.69 Å². The van der Waals surface area contributed by atoms with Crippen LogP contribution in [0.3, 0.4) is 0 Å². The van der Waals surface area contributed by atoms with Gasteiger partial charge in [-0.3, -0.25) is 24.6 Å². The molecule has 1 heterocycles. The average molecular weight is 553 g/mol. The fourth-order valence-electron chi connectivity index (χ4n) is 3.85. The van der Waals surface area contributed by atoms with Crippen LogP contribution in [0.2, 0.25) is 0 Å². The summed E-state index contributed by atoms with van der Waals surface area (Å²) in [6, 6.07) is 17.1. The summed E-state index contributed by atoms with van der Waals surface area (Å²) in [5.74, 6) is -0.294. The van der Waals surface area contributed by atoms with Crippen LogP contribution in [0.15, 0.2) is 71.7 Å². The van der Waals surface area contributed by atoms with Crippen LogP contribution in [-0.4, -0.2) is 52.8 Å². The quantitative estimate of drug-likeness (QED) is 0.279. The third-order valence-electron chi connectivity index (χ3n) is 5.90. The first kappa shape index (κ1) is 27.6. The maximum Gasteiger partial charge on any atom is 0.296 e. The molecule has 3 aromatic rings. The van der Waals surface area contributed by atoms with Gasteiger partial charge in [-0.05, 0) is 60.5 Å². The number of amides is 2. The summed E-state index contributed by atoms with van der Waals surface area (Å²) in [7, 11) is 2.96. The van der Waals surface area contributed by atoms with Gasteiger partial charge in [-0.25, -0.2) is 9.38 Å². The van der Waals surface area contributed by atoms with E-state index in [1.54, 1.807) is 7.11 Å².